The van der Waals surface area contributed by atoms with Crippen LogP contribution in [0.25, 0.3) is 0 Å². The van der Waals surface area contributed by atoms with Crippen molar-refractivity contribution in [1.29, 1.82) is 0 Å². The molecule has 0 radical (unpaired) electrons. The fraction of sp³-hybridized carbons (Fsp3) is 0.545. The number of aromatic nitrogens is 1. The van der Waals surface area contributed by atoms with Gasteiger partial charge < -0.3 is 20.2 Å². The third-order valence-electron chi connectivity index (χ3n) is 2.42. The summed E-state index contributed by atoms with van der Waals surface area (Å²) in [5, 5.41) is 13.8. The maximum atomic E-state index is 11.4. The van der Waals surface area contributed by atoms with Gasteiger partial charge in [-0.15, -0.1) is 0 Å². The largest absolute Gasteiger partial charge is 0.481 e. The van der Waals surface area contributed by atoms with Crippen LogP contribution in [0.5, 0.6) is 0 Å². The zero-order valence-electron chi connectivity index (χ0n) is 10.4. The number of carboxylic acids is 1. The van der Waals surface area contributed by atoms with E-state index in [1.54, 1.807) is 20.0 Å². The third-order valence-corrected chi connectivity index (χ3v) is 2.42. The smallest absolute Gasteiger partial charge is 0.315 e. The highest BCUT2D eigenvalue weighted by molar-refractivity contribution is 5.75. The Hall–Kier alpha value is -2.05. The van der Waals surface area contributed by atoms with E-state index in [0.29, 0.717) is 18.1 Å². The van der Waals surface area contributed by atoms with E-state index in [2.05, 4.69) is 15.6 Å². The second-order valence-corrected chi connectivity index (χ2v) is 3.87. The maximum absolute atomic E-state index is 11.4. The molecule has 1 aromatic rings. The first-order valence-corrected chi connectivity index (χ1v) is 5.68. The van der Waals surface area contributed by atoms with Crippen LogP contribution >= 0.6 is 0 Å². The number of carboxylic acid groups (broad SMARTS) is 1. The lowest BCUT2D eigenvalue weighted by Gasteiger charge is -2.11. The van der Waals surface area contributed by atoms with Crippen LogP contribution in [0.1, 0.15) is 25.0 Å². The molecule has 0 saturated carbocycles. The van der Waals surface area contributed by atoms with Gasteiger partial charge in [-0.2, -0.15) is 0 Å². The molecule has 1 atom stereocenters. The third kappa shape index (κ3) is 4.44. The minimum absolute atomic E-state index is 0.0995. The summed E-state index contributed by atoms with van der Waals surface area (Å²) in [6.45, 7) is 3.79. The van der Waals surface area contributed by atoms with Gasteiger partial charge >= 0.3 is 12.0 Å². The maximum Gasteiger partial charge on any atom is 0.315 e. The average Bonchev–Trinajstić information content (AvgIpc) is 2.73. The van der Waals surface area contributed by atoms with Crippen molar-refractivity contribution in [3.63, 3.8) is 0 Å². The number of amides is 2. The molecule has 3 N–H and O–H groups in total. The van der Waals surface area contributed by atoms with E-state index in [-0.39, 0.29) is 13.1 Å². The van der Waals surface area contributed by atoms with Crippen LogP contribution in [0.3, 0.4) is 0 Å². The van der Waals surface area contributed by atoms with Crippen LogP contribution in [0.4, 0.5) is 4.79 Å². The lowest BCUT2D eigenvalue weighted by atomic mass is 10.1. The minimum Gasteiger partial charge on any atom is -0.481 e. The second kappa shape index (κ2) is 6.63. The van der Waals surface area contributed by atoms with Crippen molar-refractivity contribution in [3.8, 4) is 0 Å². The SMILES string of the molecule is CCC(CNC(=O)NCc1ncc(C)o1)C(=O)O. The monoisotopic (exact) mass is 255 g/mol. The van der Waals surface area contributed by atoms with E-state index >= 15 is 0 Å². The van der Waals surface area contributed by atoms with E-state index in [4.69, 9.17) is 9.52 Å². The fourth-order valence-corrected chi connectivity index (χ4v) is 1.32. The van der Waals surface area contributed by atoms with E-state index in [1.807, 2.05) is 0 Å². The highest BCUT2D eigenvalue weighted by atomic mass is 16.4. The predicted molar refractivity (Wildman–Crippen MR) is 62.9 cm³/mol. The molecule has 1 unspecified atom stereocenters. The second-order valence-electron chi connectivity index (χ2n) is 3.87. The molecule has 0 fully saturated rings. The van der Waals surface area contributed by atoms with Gasteiger partial charge in [0.2, 0.25) is 5.89 Å². The molecule has 0 aliphatic carbocycles. The number of oxazole rings is 1. The Kier molecular flexibility index (Phi) is 5.16. The van der Waals surface area contributed by atoms with E-state index in [9.17, 15) is 9.59 Å². The predicted octanol–water partition coefficient (Wildman–Crippen LogP) is 0.893. The molecule has 0 aromatic carbocycles. The van der Waals surface area contributed by atoms with Crippen molar-refractivity contribution in [3.05, 3.63) is 17.8 Å². The zero-order chi connectivity index (χ0) is 13.5. The van der Waals surface area contributed by atoms with Crippen LogP contribution in [0, 0.1) is 12.8 Å². The molecule has 1 aromatic heterocycles. The number of carbonyl (C=O) groups excluding carboxylic acids is 1. The first kappa shape index (κ1) is 14.0. The first-order chi connectivity index (χ1) is 8.52. The van der Waals surface area contributed by atoms with Gasteiger partial charge in [0.05, 0.1) is 18.7 Å². The van der Waals surface area contributed by atoms with Crippen LogP contribution in [-0.2, 0) is 11.3 Å². The van der Waals surface area contributed by atoms with E-state index < -0.39 is 17.9 Å². The zero-order valence-corrected chi connectivity index (χ0v) is 10.4. The summed E-state index contributed by atoms with van der Waals surface area (Å²) in [5.74, 6) is -0.405. The molecule has 0 saturated heterocycles. The Balaban J connectivity index is 2.27. The molecule has 1 rings (SSSR count). The Morgan fingerprint density at radius 2 is 2.22 bits per heavy atom. The molecular weight excluding hydrogens is 238 g/mol. The number of urea groups is 1. The van der Waals surface area contributed by atoms with Gasteiger partial charge in [0.15, 0.2) is 0 Å². The number of hydrogen-bond acceptors (Lipinski definition) is 4. The van der Waals surface area contributed by atoms with E-state index in [1.165, 1.54) is 0 Å². The van der Waals surface area contributed by atoms with E-state index in [0.717, 1.165) is 0 Å². The Morgan fingerprint density at radius 1 is 1.50 bits per heavy atom. The van der Waals surface area contributed by atoms with Gasteiger partial charge in [-0.25, -0.2) is 9.78 Å². The van der Waals surface area contributed by atoms with Crippen molar-refractivity contribution in [2.24, 2.45) is 5.92 Å². The first-order valence-electron chi connectivity index (χ1n) is 5.68. The summed E-state index contributed by atoms with van der Waals surface area (Å²) in [5.41, 5.74) is 0. The normalized spacial score (nSPS) is 11.9. The molecule has 0 spiro atoms. The molecule has 0 aliphatic heterocycles. The van der Waals surface area contributed by atoms with Crippen LogP contribution < -0.4 is 10.6 Å². The van der Waals surface area contributed by atoms with Crippen molar-refractivity contribution >= 4 is 12.0 Å². The summed E-state index contributed by atoms with van der Waals surface area (Å²) in [4.78, 5) is 26.0. The van der Waals surface area contributed by atoms with Crippen molar-refractivity contribution in [2.45, 2.75) is 26.8 Å². The molecule has 2 amide bonds. The molecule has 1 heterocycles. The van der Waals surface area contributed by atoms with Gasteiger partial charge in [-0.3, -0.25) is 4.79 Å². The standard InChI is InChI=1S/C11H17N3O4/c1-3-8(10(15)16)5-13-11(17)14-6-9-12-4-7(2)18-9/h4,8H,3,5-6H2,1-2H3,(H,15,16)(H2,13,14,17). The van der Waals surface area contributed by atoms with Gasteiger partial charge in [0, 0.05) is 6.54 Å². The number of rotatable bonds is 6. The molecule has 7 nitrogen and oxygen atoms in total. The van der Waals surface area contributed by atoms with Gasteiger partial charge in [0.1, 0.15) is 5.76 Å². The van der Waals surface area contributed by atoms with Crippen molar-refractivity contribution in [2.75, 3.05) is 6.54 Å². The van der Waals surface area contributed by atoms with Gasteiger partial charge in [0.25, 0.3) is 0 Å². The van der Waals surface area contributed by atoms with Gasteiger partial charge in [-0.1, -0.05) is 6.92 Å². The number of aryl methyl sites for hydroxylation is 1. The minimum atomic E-state index is -0.916. The number of nitrogens with one attached hydrogen (secondary N) is 2. The molecule has 0 aliphatic rings. The average molecular weight is 255 g/mol. The summed E-state index contributed by atoms with van der Waals surface area (Å²) in [7, 11) is 0. The van der Waals surface area contributed by atoms with Gasteiger partial charge in [-0.05, 0) is 13.3 Å². The molecule has 18 heavy (non-hydrogen) atoms. The quantitative estimate of drug-likeness (QED) is 0.700. The molecule has 7 heteroatoms. The Labute approximate surface area is 105 Å². The number of nitrogens with zero attached hydrogens (tertiary/aromatic N) is 1. The molecular formula is C11H17N3O4. The lowest BCUT2D eigenvalue weighted by molar-refractivity contribution is -0.141. The highest BCUT2D eigenvalue weighted by Crippen LogP contribution is 2.01. The number of carbonyl (C=O) groups is 2. The summed E-state index contributed by atoms with van der Waals surface area (Å²) in [6.07, 6.45) is 2.03. The van der Waals surface area contributed by atoms with Crippen LogP contribution in [-0.4, -0.2) is 28.6 Å². The summed E-state index contributed by atoms with van der Waals surface area (Å²) in [6, 6.07) is -0.439. The summed E-state index contributed by atoms with van der Waals surface area (Å²) >= 11 is 0. The van der Waals surface area contributed by atoms with Crippen molar-refractivity contribution in [1.82, 2.24) is 15.6 Å². The number of aliphatic carboxylic acids is 1. The van der Waals surface area contributed by atoms with Crippen molar-refractivity contribution < 1.29 is 19.1 Å². The van der Waals surface area contributed by atoms with Crippen LogP contribution in [0.2, 0.25) is 0 Å². The molecule has 0 bridgehead atoms. The Bertz CT molecular complexity index is 416. The fourth-order valence-electron chi connectivity index (χ4n) is 1.32. The topological polar surface area (TPSA) is 104 Å². The highest BCUT2D eigenvalue weighted by Gasteiger charge is 2.15. The number of hydrogen-bond donors (Lipinski definition) is 3. The lowest BCUT2D eigenvalue weighted by Crippen LogP contribution is -2.39. The Morgan fingerprint density at radius 3 is 2.72 bits per heavy atom. The summed E-state index contributed by atoms with van der Waals surface area (Å²) < 4.78 is 5.17. The molecule has 100 valence electrons. The van der Waals surface area contributed by atoms with Crippen LogP contribution in [0.15, 0.2) is 10.6 Å².